The maximum absolute atomic E-state index is 14.0. The summed E-state index contributed by atoms with van der Waals surface area (Å²) in [6, 6.07) is 18.1. The number of amides is 6. The lowest BCUT2D eigenvalue weighted by Gasteiger charge is -2.29. The Morgan fingerprint density at radius 1 is 0.611 bits per heavy atom. The van der Waals surface area contributed by atoms with Crippen LogP contribution in [0, 0.1) is 11.8 Å². The minimum atomic E-state index is -1.79. The van der Waals surface area contributed by atoms with Crippen LogP contribution in [0.15, 0.2) is 84.9 Å². The van der Waals surface area contributed by atoms with E-state index in [1.807, 2.05) is 19.9 Å². The van der Waals surface area contributed by atoms with Crippen LogP contribution in [0.4, 0.5) is 0 Å². The molecule has 0 radical (unpaired) electrons. The second kappa shape index (κ2) is 20.6. The van der Waals surface area contributed by atoms with E-state index >= 15 is 0 Å². The van der Waals surface area contributed by atoms with Crippen molar-refractivity contribution >= 4 is 48.0 Å². The normalized spacial score (nSPS) is 13.8. The smallest absolute Gasteiger partial charge is 0.423 e. The van der Waals surface area contributed by atoms with Gasteiger partial charge < -0.3 is 42.4 Å². The summed E-state index contributed by atoms with van der Waals surface area (Å²) < 4.78 is 0. The molecule has 0 heterocycles. The first kappa shape index (κ1) is 42.9. The topological polar surface area (TPSA) is 229 Å². The Bertz CT molecular complexity index is 1740. The SMILES string of the molecule is CC(C)C[C@H](NC(=O)c1cccc(B(O)O)c1)C(=O)N[C@H](C(=O)N[C@@H](Cc1ccccc1)C(=O)N[C@@H](Cc1ccccc1)C(=O)N[C@@H](C)C(N)=O)C(C)C. The van der Waals surface area contributed by atoms with Gasteiger partial charge in [0.1, 0.15) is 30.2 Å². The van der Waals surface area contributed by atoms with E-state index < -0.39 is 78.7 Å². The van der Waals surface area contributed by atoms with E-state index in [9.17, 15) is 38.8 Å². The zero-order chi connectivity index (χ0) is 39.9. The van der Waals surface area contributed by atoms with Gasteiger partial charge in [0.15, 0.2) is 0 Å². The Balaban J connectivity index is 1.86. The molecule has 0 saturated heterocycles. The molecule has 0 aliphatic heterocycles. The molecule has 288 valence electrons. The van der Waals surface area contributed by atoms with Crippen molar-refractivity contribution in [1.29, 1.82) is 0 Å². The highest BCUT2D eigenvalue weighted by molar-refractivity contribution is 6.58. The number of hydrogen-bond donors (Lipinski definition) is 8. The summed E-state index contributed by atoms with van der Waals surface area (Å²) in [5, 5.41) is 32.6. The molecule has 0 spiro atoms. The Morgan fingerprint density at radius 3 is 1.59 bits per heavy atom. The van der Waals surface area contributed by atoms with E-state index in [4.69, 9.17) is 5.73 Å². The van der Waals surface area contributed by atoms with Crippen molar-refractivity contribution < 1.29 is 38.8 Å². The first-order chi connectivity index (χ1) is 25.5. The van der Waals surface area contributed by atoms with E-state index in [0.29, 0.717) is 5.56 Å². The monoisotopic (exact) mass is 742 g/mol. The van der Waals surface area contributed by atoms with Gasteiger partial charge in [0.2, 0.25) is 29.5 Å². The summed E-state index contributed by atoms with van der Waals surface area (Å²) in [7, 11) is -1.79. The van der Waals surface area contributed by atoms with Crippen molar-refractivity contribution in [1.82, 2.24) is 26.6 Å². The van der Waals surface area contributed by atoms with Crippen LogP contribution in [0.25, 0.3) is 0 Å². The van der Waals surface area contributed by atoms with Gasteiger partial charge >= 0.3 is 7.12 Å². The molecule has 3 aromatic rings. The molecule has 15 heteroatoms. The van der Waals surface area contributed by atoms with Crippen LogP contribution in [0.2, 0.25) is 0 Å². The first-order valence-electron chi connectivity index (χ1n) is 17.9. The largest absolute Gasteiger partial charge is 0.488 e. The average molecular weight is 743 g/mol. The maximum atomic E-state index is 14.0. The lowest BCUT2D eigenvalue weighted by molar-refractivity contribution is -0.135. The molecule has 0 unspecified atom stereocenters. The van der Waals surface area contributed by atoms with Crippen LogP contribution in [0.1, 0.15) is 62.5 Å². The number of benzene rings is 3. The van der Waals surface area contributed by atoms with Gasteiger partial charge in [0.05, 0.1) is 0 Å². The van der Waals surface area contributed by atoms with Crippen LogP contribution in [-0.4, -0.2) is 82.8 Å². The van der Waals surface area contributed by atoms with Gasteiger partial charge in [-0.25, -0.2) is 0 Å². The second-order valence-corrected chi connectivity index (χ2v) is 14.0. The van der Waals surface area contributed by atoms with Crippen molar-refractivity contribution in [2.24, 2.45) is 17.6 Å². The fourth-order valence-corrected chi connectivity index (χ4v) is 5.61. The van der Waals surface area contributed by atoms with Gasteiger partial charge in [-0.1, -0.05) is 100 Å². The van der Waals surface area contributed by atoms with Crippen LogP contribution < -0.4 is 37.8 Å². The quantitative estimate of drug-likeness (QED) is 0.0784. The first-order valence-corrected chi connectivity index (χ1v) is 17.9. The van der Waals surface area contributed by atoms with Crippen LogP contribution >= 0.6 is 0 Å². The number of carbonyl (C=O) groups is 6. The predicted octanol–water partition coefficient (Wildman–Crippen LogP) is 0.0967. The Hall–Kier alpha value is -5.54. The van der Waals surface area contributed by atoms with E-state index in [1.54, 1.807) is 68.4 Å². The number of primary amides is 1. The summed E-state index contributed by atoms with van der Waals surface area (Å²) >= 11 is 0. The van der Waals surface area contributed by atoms with Gasteiger partial charge in [0.25, 0.3) is 5.91 Å². The number of nitrogens with one attached hydrogen (secondary N) is 5. The van der Waals surface area contributed by atoms with Crippen molar-refractivity contribution in [3.63, 3.8) is 0 Å². The van der Waals surface area contributed by atoms with Gasteiger partial charge in [-0.3, -0.25) is 28.8 Å². The number of carbonyl (C=O) groups excluding carboxylic acids is 6. The van der Waals surface area contributed by atoms with E-state index in [1.165, 1.54) is 31.2 Å². The second-order valence-electron chi connectivity index (χ2n) is 14.0. The van der Waals surface area contributed by atoms with E-state index in [2.05, 4.69) is 26.6 Å². The van der Waals surface area contributed by atoms with Crippen molar-refractivity contribution in [2.45, 2.75) is 84.1 Å². The molecule has 54 heavy (non-hydrogen) atoms. The molecule has 9 N–H and O–H groups in total. The standard InChI is InChI=1S/C39H51BN6O8/c1-23(2)19-30(43-35(48)28-17-12-18-29(22-28)40(53)54)38(51)46-33(24(3)4)39(52)45-32(21-27-15-10-7-11-16-27)37(50)44-31(20-26-13-8-6-9-14-26)36(49)42-25(5)34(41)47/h6-18,22-25,30-33,53-54H,19-21H2,1-5H3,(H2,41,47)(H,42,49)(H,43,48)(H,44,50)(H,45,52)(H,46,51)/t25-,30-,31-,32-,33-/m0/s1. The van der Waals surface area contributed by atoms with E-state index in [-0.39, 0.29) is 36.2 Å². The molecule has 0 aliphatic rings. The van der Waals surface area contributed by atoms with Gasteiger partial charge in [0, 0.05) is 18.4 Å². The average Bonchev–Trinajstić information content (AvgIpc) is 3.13. The third-order valence-corrected chi connectivity index (χ3v) is 8.64. The highest BCUT2D eigenvalue weighted by atomic mass is 16.4. The Kier molecular flexibility index (Phi) is 16.4. The summed E-state index contributed by atoms with van der Waals surface area (Å²) in [4.78, 5) is 80.0. The summed E-state index contributed by atoms with van der Waals surface area (Å²) in [6.45, 7) is 8.61. The van der Waals surface area contributed by atoms with Gasteiger partial charge in [-0.2, -0.15) is 0 Å². The minimum absolute atomic E-state index is 0.0380. The highest BCUT2D eigenvalue weighted by Crippen LogP contribution is 2.12. The zero-order valence-corrected chi connectivity index (χ0v) is 31.2. The summed E-state index contributed by atoms with van der Waals surface area (Å²) in [6.07, 6.45) is 0.348. The maximum Gasteiger partial charge on any atom is 0.488 e. The molecule has 0 fully saturated rings. The fraction of sp³-hybridized carbons (Fsp3) is 0.385. The number of hydrogen-bond acceptors (Lipinski definition) is 8. The molecular weight excluding hydrogens is 691 g/mol. The minimum Gasteiger partial charge on any atom is -0.423 e. The molecule has 0 saturated carbocycles. The molecule has 14 nitrogen and oxygen atoms in total. The van der Waals surface area contributed by atoms with Crippen LogP contribution in [0.5, 0.6) is 0 Å². The highest BCUT2D eigenvalue weighted by Gasteiger charge is 2.34. The van der Waals surface area contributed by atoms with Gasteiger partial charge in [-0.05, 0) is 53.9 Å². The fourth-order valence-electron chi connectivity index (χ4n) is 5.61. The van der Waals surface area contributed by atoms with Crippen LogP contribution in [0.3, 0.4) is 0 Å². The number of rotatable bonds is 19. The molecule has 5 atom stereocenters. The van der Waals surface area contributed by atoms with Gasteiger partial charge in [-0.15, -0.1) is 0 Å². The predicted molar refractivity (Wildman–Crippen MR) is 205 cm³/mol. The Labute approximate surface area is 316 Å². The van der Waals surface area contributed by atoms with Crippen molar-refractivity contribution in [3.05, 3.63) is 102 Å². The summed E-state index contributed by atoms with van der Waals surface area (Å²) in [5.74, 6) is -4.49. The molecule has 6 amide bonds. The number of nitrogens with two attached hydrogens (primary N) is 1. The molecule has 3 aromatic carbocycles. The third-order valence-electron chi connectivity index (χ3n) is 8.64. The molecule has 0 aliphatic carbocycles. The molecule has 3 rings (SSSR count). The summed E-state index contributed by atoms with van der Waals surface area (Å²) in [5.41, 5.74) is 7.03. The van der Waals surface area contributed by atoms with Crippen molar-refractivity contribution in [2.75, 3.05) is 0 Å². The lowest BCUT2D eigenvalue weighted by Crippen LogP contribution is -2.60. The lowest BCUT2D eigenvalue weighted by atomic mass is 9.79. The van der Waals surface area contributed by atoms with Crippen LogP contribution in [-0.2, 0) is 36.8 Å². The molecular formula is C39H51BN6O8. The third kappa shape index (κ3) is 13.5. The van der Waals surface area contributed by atoms with Crippen molar-refractivity contribution in [3.8, 4) is 0 Å². The molecule has 0 aromatic heterocycles. The molecule has 0 bridgehead atoms. The Morgan fingerprint density at radius 2 is 1.11 bits per heavy atom. The van der Waals surface area contributed by atoms with E-state index in [0.717, 1.165) is 5.56 Å². The zero-order valence-electron chi connectivity index (χ0n) is 31.2.